The van der Waals surface area contributed by atoms with Gasteiger partial charge in [0.05, 0.1) is 6.04 Å². The van der Waals surface area contributed by atoms with E-state index in [1.165, 1.54) is 0 Å². The van der Waals surface area contributed by atoms with Crippen LogP contribution in [0.15, 0.2) is 23.7 Å². The molecule has 0 saturated heterocycles. The lowest BCUT2D eigenvalue weighted by atomic mass is 10.1. The van der Waals surface area contributed by atoms with Gasteiger partial charge in [-0.15, -0.1) is 11.3 Å². The van der Waals surface area contributed by atoms with E-state index >= 15 is 0 Å². The molecule has 3 atom stereocenters. The lowest BCUT2D eigenvalue weighted by Crippen LogP contribution is -2.29. The van der Waals surface area contributed by atoms with Crippen molar-refractivity contribution in [2.75, 3.05) is 6.61 Å². The van der Waals surface area contributed by atoms with Crippen molar-refractivity contribution in [2.45, 2.75) is 25.4 Å². The molecule has 1 aliphatic rings. The van der Waals surface area contributed by atoms with Gasteiger partial charge in [0.2, 0.25) is 0 Å². The summed E-state index contributed by atoms with van der Waals surface area (Å²) >= 11 is 1.67. The van der Waals surface area contributed by atoms with Gasteiger partial charge in [-0.2, -0.15) is 0 Å². The zero-order chi connectivity index (χ0) is 10.7. The van der Waals surface area contributed by atoms with Crippen molar-refractivity contribution in [1.82, 2.24) is 10.3 Å². The van der Waals surface area contributed by atoms with Crippen molar-refractivity contribution < 1.29 is 5.11 Å². The molecule has 0 aliphatic heterocycles. The molecule has 2 N–H and O–H groups in total. The van der Waals surface area contributed by atoms with Gasteiger partial charge < -0.3 is 10.4 Å². The molecule has 1 aliphatic carbocycles. The van der Waals surface area contributed by atoms with Gasteiger partial charge in [-0.3, -0.25) is 0 Å². The van der Waals surface area contributed by atoms with E-state index < -0.39 is 0 Å². The number of aromatic nitrogens is 1. The minimum atomic E-state index is 0.250. The number of aliphatic hydroxyl groups is 1. The molecule has 1 unspecified atom stereocenters. The number of nitrogens with one attached hydrogen (secondary N) is 1. The van der Waals surface area contributed by atoms with E-state index in [0.29, 0.717) is 12.0 Å². The highest BCUT2D eigenvalue weighted by Gasteiger charge is 2.20. The molecule has 1 heterocycles. The van der Waals surface area contributed by atoms with Crippen LogP contribution in [0, 0.1) is 5.92 Å². The van der Waals surface area contributed by atoms with Crippen molar-refractivity contribution in [2.24, 2.45) is 5.92 Å². The van der Waals surface area contributed by atoms with Crippen LogP contribution in [0.5, 0.6) is 0 Å². The Morgan fingerprint density at radius 2 is 2.53 bits per heavy atom. The average molecular weight is 224 g/mol. The van der Waals surface area contributed by atoms with Crippen LogP contribution in [0.1, 0.15) is 24.4 Å². The molecule has 4 heteroatoms. The Labute approximate surface area is 93.9 Å². The molecule has 0 fully saturated rings. The number of aliphatic hydroxyl groups excluding tert-OH is 1. The predicted molar refractivity (Wildman–Crippen MR) is 61.8 cm³/mol. The van der Waals surface area contributed by atoms with Gasteiger partial charge in [0.1, 0.15) is 5.01 Å². The van der Waals surface area contributed by atoms with Crippen molar-refractivity contribution >= 4 is 11.3 Å². The van der Waals surface area contributed by atoms with Crippen LogP contribution in [0.3, 0.4) is 0 Å². The van der Waals surface area contributed by atoms with E-state index in [4.69, 9.17) is 5.11 Å². The fourth-order valence-corrected chi connectivity index (χ4v) is 2.53. The Balaban J connectivity index is 1.86. The second kappa shape index (κ2) is 4.88. The van der Waals surface area contributed by atoms with E-state index in [1.807, 2.05) is 11.6 Å². The molecule has 3 nitrogen and oxygen atoms in total. The standard InChI is InChI=1S/C11H16N2OS/c1-8(11-12-4-5-15-11)13-10-3-2-9(6-10)7-14/h2-5,8-10,13-14H,6-7H2,1H3/t8?,9-,10+/m0/s1. The zero-order valence-corrected chi connectivity index (χ0v) is 9.57. The quantitative estimate of drug-likeness (QED) is 0.766. The van der Waals surface area contributed by atoms with E-state index in [2.05, 4.69) is 29.4 Å². The van der Waals surface area contributed by atoms with Gasteiger partial charge in [-0.1, -0.05) is 12.2 Å². The van der Waals surface area contributed by atoms with Crippen molar-refractivity contribution in [3.8, 4) is 0 Å². The second-order valence-electron chi connectivity index (χ2n) is 3.93. The third kappa shape index (κ3) is 2.65. The third-order valence-electron chi connectivity index (χ3n) is 2.69. The maximum Gasteiger partial charge on any atom is 0.109 e. The smallest absolute Gasteiger partial charge is 0.109 e. The van der Waals surface area contributed by atoms with E-state index in [9.17, 15) is 0 Å². The molecule has 0 bridgehead atoms. The lowest BCUT2D eigenvalue weighted by Gasteiger charge is -2.17. The van der Waals surface area contributed by atoms with Crippen LogP contribution in [-0.4, -0.2) is 22.7 Å². The van der Waals surface area contributed by atoms with E-state index in [0.717, 1.165) is 11.4 Å². The SMILES string of the molecule is CC(N[C@@H]1C=C[C@H](CO)C1)c1nccs1. The Hall–Kier alpha value is -0.710. The molecular weight excluding hydrogens is 208 g/mol. The molecule has 82 valence electrons. The van der Waals surface area contributed by atoms with Gasteiger partial charge in [0.15, 0.2) is 0 Å². The highest BCUT2D eigenvalue weighted by atomic mass is 32.1. The summed E-state index contributed by atoms with van der Waals surface area (Å²) in [6.07, 6.45) is 7.06. The number of thiazole rings is 1. The topological polar surface area (TPSA) is 45.1 Å². The first-order chi connectivity index (χ1) is 7.29. The molecule has 2 rings (SSSR count). The van der Waals surface area contributed by atoms with Crippen LogP contribution >= 0.6 is 11.3 Å². The first-order valence-electron chi connectivity index (χ1n) is 5.24. The van der Waals surface area contributed by atoms with Crippen LogP contribution < -0.4 is 5.32 Å². The summed E-state index contributed by atoms with van der Waals surface area (Å²) in [4.78, 5) is 4.28. The molecule has 0 amide bonds. The molecule has 1 aromatic heterocycles. The van der Waals surface area contributed by atoms with Gasteiger partial charge in [0, 0.05) is 30.1 Å². The molecule has 0 saturated carbocycles. The molecule has 0 spiro atoms. The molecule has 0 radical (unpaired) electrons. The Bertz CT molecular complexity index is 323. The first-order valence-corrected chi connectivity index (χ1v) is 6.12. The van der Waals surface area contributed by atoms with Crippen molar-refractivity contribution in [1.29, 1.82) is 0 Å². The van der Waals surface area contributed by atoms with Crippen LogP contribution in [0.2, 0.25) is 0 Å². The first kappa shape index (κ1) is 10.8. The van der Waals surface area contributed by atoms with Gasteiger partial charge in [-0.05, 0) is 13.3 Å². The highest BCUT2D eigenvalue weighted by Crippen LogP contribution is 2.21. The largest absolute Gasteiger partial charge is 0.396 e. The Morgan fingerprint density at radius 3 is 3.13 bits per heavy atom. The van der Waals surface area contributed by atoms with Gasteiger partial charge in [-0.25, -0.2) is 4.98 Å². The second-order valence-corrected chi connectivity index (χ2v) is 4.85. The van der Waals surface area contributed by atoms with Gasteiger partial charge in [0.25, 0.3) is 0 Å². The molecule has 15 heavy (non-hydrogen) atoms. The summed E-state index contributed by atoms with van der Waals surface area (Å²) in [5, 5.41) is 15.6. The molecule has 1 aromatic rings. The maximum absolute atomic E-state index is 9.01. The van der Waals surface area contributed by atoms with Crippen LogP contribution in [0.25, 0.3) is 0 Å². The van der Waals surface area contributed by atoms with E-state index in [-0.39, 0.29) is 12.6 Å². The van der Waals surface area contributed by atoms with Crippen molar-refractivity contribution in [3.05, 3.63) is 28.7 Å². The predicted octanol–water partition coefficient (Wildman–Crippen LogP) is 1.73. The van der Waals surface area contributed by atoms with E-state index in [1.54, 1.807) is 11.3 Å². The monoisotopic (exact) mass is 224 g/mol. The summed E-state index contributed by atoms with van der Waals surface area (Å²) in [5.74, 6) is 0.325. The number of rotatable bonds is 4. The van der Waals surface area contributed by atoms with Crippen LogP contribution in [0.4, 0.5) is 0 Å². The normalized spacial score (nSPS) is 27.1. The summed E-state index contributed by atoms with van der Waals surface area (Å²) in [7, 11) is 0. The van der Waals surface area contributed by atoms with Crippen LogP contribution in [-0.2, 0) is 0 Å². The van der Waals surface area contributed by atoms with Gasteiger partial charge >= 0.3 is 0 Å². The Morgan fingerprint density at radius 1 is 1.67 bits per heavy atom. The number of hydrogen-bond donors (Lipinski definition) is 2. The summed E-state index contributed by atoms with van der Waals surface area (Å²) in [6.45, 7) is 2.37. The maximum atomic E-state index is 9.01. The number of hydrogen-bond acceptors (Lipinski definition) is 4. The fourth-order valence-electron chi connectivity index (χ4n) is 1.87. The zero-order valence-electron chi connectivity index (χ0n) is 8.76. The molecular formula is C11H16N2OS. The highest BCUT2D eigenvalue weighted by molar-refractivity contribution is 7.09. The average Bonchev–Trinajstić information content (AvgIpc) is 2.87. The fraction of sp³-hybridized carbons (Fsp3) is 0.545. The lowest BCUT2D eigenvalue weighted by molar-refractivity contribution is 0.245. The summed E-state index contributed by atoms with van der Waals surface area (Å²) in [5.41, 5.74) is 0. The minimum absolute atomic E-state index is 0.250. The number of nitrogens with zero attached hydrogens (tertiary/aromatic N) is 1. The third-order valence-corrected chi connectivity index (χ3v) is 3.65. The molecule has 0 aromatic carbocycles. The minimum Gasteiger partial charge on any atom is -0.396 e. The van der Waals surface area contributed by atoms with Crippen molar-refractivity contribution in [3.63, 3.8) is 0 Å². The summed E-state index contributed by atoms with van der Waals surface area (Å²) < 4.78 is 0. The Kier molecular flexibility index (Phi) is 3.51. The summed E-state index contributed by atoms with van der Waals surface area (Å²) in [6, 6.07) is 0.665.